The van der Waals surface area contributed by atoms with Crippen LogP contribution in [0.5, 0.6) is 5.75 Å². The summed E-state index contributed by atoms with van der Waals surface area (Å²) < 4.78 is 10.7. The Morgan fingerprint density at radius 3 is 2.61 bits per heavy atom. The van der Waals surface area contributed by atoms with Gasteiger partial charge in [0.15, 0.2) is 0 Å². The van der Waals surface area contributed by atoms with E-state index in [2.05, 4.69) is 20.5 Å². The van der Waals surface area contributed by atoms with Crippen LogP contribution >= 0.6 is 11.3 Å². The average Bonchev–Trinajstić information content (AvgIpc) is 3.43. The van der Waals surface area contributed by atoms with E-state index in [1.807, 2.05) is 54.6 Å². The highest BCUT2D eigenvalue weighted by molar-refractivity contribution is 7.13. The zero-order chi connectivity index (χ0) is 19.3. The van der Waals surface area contributed by atoms with Gasteiger partial charge in [-0.3, -0.25) is 4.79 Å². The Morgan fingerprint density at radius 2 is 1.86 bits per heavy atom. The van der Waals surface area contributed by atoms with Crippen molar-refractivity contribution in [2.45, 2.75) is 6.54 Å². The van der Waals surface area contributed by atoms with Crippen LogP contribution in [0.4, 0.5) is 0 Å². The van der Waals surface area contributed by atoms with E-state index < -0.39 is 0 Å². The summed E-state index contributed by atoms with van der Waals surface area (Å²) in [6.45, 7) is 0.133. The third kappa shape index (κ3) is 3.91. The van der Waals surface area contributed by atoms with Gasteiger partial charge in [-0.2, -0.15) is 0 Å². The number of hydrogen-bond donors (Lipinski definition) is 1. The lowest BCUT2D eigenvalue weighted by Crippen LogP contribution is -2.23. The van der Waals surface area contributed by atoms with Gasteiger partial charge in [0.25, 0.3) is 5.91 Å². The topological polar surface area (TPSA) is 90.1 Å². The molecular formula is C20H16N4O3S. The second-order valence-electron chi connectivity index (χ2n) is 5.82. The zero-order valence-electron chi connectivity index (χ0n) is 15.0. The van der Waals surface area contributed by atoms with Crippen LogP contribution in [-0.4, -0.2) is 28.2 Å². The van der Waals surface area contributed by atoms with E-state index in [9.17, 15) is 4.79 Å². The van der Waals surface area contributed by atoms with E-state index in [1.54, 1.807) is 12.5 Å². The van der Waals surface area contributed by atoms with Crippen molar-refractivity contribution < 1.29 is 13.9 Å². The van der Waals surface area contributed by atoms with Crippen LogP contribution in [0.25, 0.3) is 22.0 Å². The van der Waals surface area contributed by atoms with E-state index in [0.717, 1.165) is 21.9 Å². The molecule has 2 aromatic carbocycles. The second-order valence-corrected chi connectivity index (χ2v) is 6.67. The maximum absolute atomic E-state index is 12.4. The lowest BCUT2D eigenvalue weighted by atomic mass is 10.2. The standard InChI is InChI=1S/C20H16N4O3S/c1-26-15-9-7-14(8-10-15)20-22-16(12-28-20)18(25)21-11-17-23-24-19(27-17)13-5-3-2-4-6-13/h2-10,12H,11H2,1H3,(H,21,25). The van der Waals surface area contributed by atoms with Gasteiger partial charge in [0, 0.05) is 16.5 Å². The SMILES string of the molecule is COc1ccc(-c2nc(C(=O)NCc3nnc(-c4ccccc4)o3)cs2)cc1. The summed E-state index contributed by atoms with van der Waals surface area (Å²) >= 11 is 1.40. The van der Waals surface area contributed by atoms with Crippen LogP contribution in [0, 0.1) is 0 Å². The molecule has 0 bridgehead atoms. The van der Waals surface area contributed by atoms with E-state index in [-0.39, 0.29) is 12.5 Å². The fraction of sp³-hybridized carbons (Fsp3) is 0.100. The number of nitrogens with zero attached hydrogens (tertiary/aromatic N) is 3. The summed E-state index contributed by atoms with van der Waals surface area (Å²) in [7, 11) is 1.62. The number of methoxy groups -OCH3 is 1. The number of hydrogen-bond acceptors (Lipinski definition) is 7. The van der Waals surface area contributed by atoms with Gasteiger partial charge in [0.1, 0.15) is 16.5 Å². The highest BCUT2D eigenvalue weighted by atomic mass is 32.1. The number of thiazole rings is 1. The third-order valence-electron chi connectivity index (χ3n) is 3.96. The number of nitrogens with one attached hydrogen (secondary N) is 1. The molecule has 2 heterocycles. The summed E-state index contributed by atoms with van der Waals surface area (Å²) in [5, 5.41) is 13.2. The lowest BCUT2D eigenvalue weighted by Gasteiger charge is -2.01. The Morgan fingerprint density at radius 1 is 1.07 bits per heavy atom. The fourth-order valence-corrected chi connectivity index (χ4v) is 3.32. The molecule has 0 saturated carbocycles. The first kappa shape index (κ1) is 17.9. The Bertz CT molecular complexity index is 1070. The van der Waals surface area contributed by atoms with E-state index in [4.69, 9.17) is 9.15 Å². The van der Waals surface area contributed by atoms with Gasteiger partial charge in [0.2, 0.25) is 11.8 Å². The highest BCUT2D eigenvalue weighted by Gasteiger charge is 2.14. The van der Waals surface area contributed by atoms with Gasteiger partial charge in [0.05, 0.1) is 13.7 Å². The van der Waals surface area contributed by atoms with Gasteiger partial charge in [-0.1, -0.05) is 18.2 Å². The van der Waals surface area contributed by atoms with Crippen LogP contribution in [0.3, 0.4) is 0 Å². The Hall–Kier alpha value is -3.52. The number of aromatic nitrogens is 3. The molecule has 0 fully saturated rings. The highest BCUT2D eigenvalue weighted by Crippen LogP contribution is 2.25. The second kappa shape index (κ2) is 8.01. The molecule has 7 nitrogen and oxygen atoms in total. The minimum Gasteiger partial charge on any atom is -0.497 e. The van der Waals surface area contributed by atoms with E-state index in [0.29, 0.717) is 17.5 Å². The molecule has 28 heavy (non-hydrogen) atoms. The summed E-state index contributed by atoms with van der Waals surface area (Å²) in [5.74, 6) is 1.22. The maximum Gasteiger partial charge on any atom is 0.271 e. The molecule has 140 valence electrons. The van der Waals surface area contributed by atoms with Crippen LogP contribution in [0.2, 0.25) is 0 Å². The lowest BCUT2D eigenvalue weighted by molar-refractivity contribution is 0.0943. The van der Waals surface area contributed by atoms with E-state index >= 15 is 0 Å². The summed E-state index contributed by atoms with van der Waals surface area (Å²) in [6.07, 6.45) is 0. The number of carbonyl (C=O) groups excluding carboxylic acids is 1. The van der Waals surface area contributed by atoms with Crippen LogP contribution < -0.4 is 10.1 Å². The smallest absolute Gasteiger partial charge is 0.271 e. The first-order valence-electron chi connectivity index (χ1n) is 8.49. The van der Waals surface area contributed by atoms with Gasteiger partial charge < -0.3 is 14.5 Å². The summed E-state index contributed by atoms with van der Waals surface area (Å²) in [4.78, 5) is 16.8. The molecule has 1 amide bonds. The molecule has 4 rings (SSSR count). The Labute approximate surface area is 165 Å². The molecule has 0 aliphatic carbocycles. The van der Waals surface area contributed by atoms with Crippen LogP contribution in [0.15, 0.2) is 64.4 Å². The molecule has 2 aromatic heterocycles. The molecule has 0 atom stereocenters. The van der Waals surface area contributed by atoms with Gasteiger partial charge in [-0.15, -0.1) is 21.5 Å². The molecule has 0 saturated heterocycles. The monoisotopic (exact) mass is 392 g/mol. The molecule has 0 spiro atoms. The third-order valence-corrected chi connectivity index (χ3v) is 4.85. The molecule has 1 N–H and O–H groups in total. The molecule has 4 aromatic rings. The van der Waals surface area contributed by atoms with Crippen molar-refractivity contribution >= 4 is 17.2 Å². The summed E-state index contributed by atoms with van der Waals surface area (Å²) in [6, 6.07) is 17.0. The van der Waals surface area contributed by atoms with Crippen LogP contribution in [-0.2, 0) is 6.54 Å². The molecular weight excluding hydrogens is 376 g/mol. The summed E-state index contributed by atoms with van der Waals surface area (Å²) in [5.41, 5.74) is 2.10. The fourth-order valence-electron chi connectivity index (χ4n) is 2.51. The van der Waals surface area contributed by atoms with Crippen molar-refractivity contribution in [3.63, 3.8) is 0 Å². The first-order valence-corrected chi connectivity index (χ1v) is 9.37. The van der Waals surface area contributed by atoms with Crippen molar-refractivity contribution in [2.24, 2.45) is 0 Å². The molecule has 0 radical (unpaired) electrons. The van der Waals surface area contributed by atoms with Crippen LogP contribution in [0.1, 0.15) is 16.4 Å². The Kier molecular flexibility index (Phi) is 5.11. The first-order chi connectivity index (χ1) is 13.7. The number of rotatable bonds is 6. The number of amides is 1. The maximum atomic E-state index is 12.4. The van der Waals surface area contributed by atoms with Crippen molar-refractivity contribution in [3.05, 3.63) is 71.6 Å². The zero-order valence-corrected chi connectivity index (χ0v) is 15.8. The van der Waals surface area contributed by atoms with Gasteiger partial charge >= 0.3 is 0 Å². The van der Waals surface area contributed by atoms with Crippen molar-refractivity contribution in [3.8, 4) is 27.8 Å². The minimum atomic E-state index is -0.296. The molecule has 0 aliphatic heterocycles. The predicted molar refractivity (Wildman–Crippen MR) is 105 cm³/mol. The normalized spacial score (nSPS) is 10.6. The minimum absolute atomic E-state index is 0.133. The number of carbonyl (C=O) groups is 1. The van der Waals surface area contributed by atoms with E-state index in [1.165, 1.54) is 11.3 Å². The van der Waals surface area contributed by atoms with Crippen molar-refractivity contribution in [2.75, 3.05) is 7.11 Å². The average molecular weight is 392 g/mol. The van der Waals surface area contributed by atoms with Crippen molar-refractivity contribution in [1.29, 1.82) is 0 Å². The van der Waals surface area contributed by atoms with Gasteiger partial charge in [-0.25, -0.2) is 4.98 Å². The molecule has 0 aliphatic rings. The molecule has 8 heteroatoms. The molecule has 0 unspecified atom stereocenters. The van der Waals surface area contributed by atoms with Crippen molar-refractivity contribution in [1.82, 2.24) is 20.5 Å². The Balaban J connectivity index is 1.39. The van der Waals surface area contributed by atoms with Gasteiger partial charge in [-0.05, 0) is 36.4 Å². The number of benzene rings is 2. The quantitative estimate of drug-likeness (QED) is 0.537. The largest absolute Gasteiger partial charge is 0.497 e. The number of ether oxygens (including phenoxy) is 1. The predicted octanol–water partition coefficient (Wildman–Crippen LogP) is 3.80.